The van der Waals surface area contributed by atoms with E-state index in [0.29, 0.717) is 16.8 Å². The molecule has 0 fully saturated rings. The summed E-state index contributed by atoms with van der Waals surface area (Å²) in [6.45, 7) is 0. The number of nitrogens with zero attached hydrogens (tertiary/aromatic N) is 6. The zero-order valence-electron chi connectivity index (χ0n) is 16.8. The van der Waals surface area contributed by atoms with Crippen LogP contribution in [0.4, 0.5) is 27.6 Å². The maximum atomic E-state index is 13.2. The molecule has 0 saturated heterocycles. The number of anilines is 1. The van der Waals surface area contributed by atoms with Crippen molar-refractivity contribution in [3.8, 4) is 17.1 Å². The van der Waals surface area contributed by atoms with Crippen molar-refractivity contribution < 1.29 is 26.7 Å². The van der Waals surface area contributed by atoms with Gasteiger partial charge in [-0.15, -0.1) is 0 Å². The number of hydrogen-bond acceptors (Lipinski definition) is 5. The Morgan fingerprint density at radius 3 is 2.39 bits per heavy atom. The second kappa shape index (κ2) is 8.41. The molecule has 1 aromatic carbocycles. The number of nitrogens with one attached hydrogen (secondary N) is 1. The molecule has 8 nitrogen and oxygen atoms in total. The number of carbonyl (C=O) groups is 1. The molecule has 1 N–H and O–H groups in total. The summed E-state index contributed by atoms with van der Waals surface area (Å²) in [4.78, 5) is 20.7. The first kappa shape index (κ1) is 22.0. The first-order valence-corrected chi connectivity index (χ1v) is 9.31. The summed E-state index contributed by atoms with van der Waals surface area (Å²) < 4.78 is 66.6. The van der Waals surface area contributed by atoms with E-state index in [4.69, 9.17) is 0 Å². The Hall–Kier alpha value is -4.16. The van der Waals surface area contributed by atoms with Crippen LogP contribution < -0.4 is 5.32 Å². The zero-order valence-corrected chi connectivity index (χ0v) is 16.8. The van der Waals surface area contributed by atoms with E-state index in [1.54, 1.807) is 24.3 Å². The molecule has 3 heterocycles. The molecular formula is C20H14F5N7O. The summed E-state index contributed by atoms with van der Waals surface area (Å²) in [7, 11) is 1.42. The van der Waals surface area contributed by atoms with E-state index >= 15 is 0 Å². The average Bonchev–Trinajstić information content (AvgIpc) is 3.42. The Bertz CT molecular complexity index is 1290. The van der Waals surface area contributed by atoms with Crippen molar-refractivity contribution in [3.63, 3.8) is 0 Å². The van der Waals surface area contributed by atoms with Gasteiger partial charge in [-0.2, -0.15) is 23.4 Å². The number of para-hydroxylation sites is 1. The number of aryl methyl sites for hydroxylation is 1. The van der Waals surface area contributed by atoms with E-state index in [9.17, 15) is 26.7 Å². The molecule has 0 aliphatic rings. The summed E-state index contributed by atoms with van der Waals surface area (Å²) in [5.74, 6) is -0.868. The minimum Gasteiger partial charge on any atom is -0.321 e. The topological polar surface area (TPSA) is 90.5 Å². The number of aromatic nitrogens is 6. The summed E-state index contributed by atoms with van der Waals surface area (Å²) in [5, 5.41) is 9.60. The predicted octanol–water partition coefficient (Wildman–Crippen LogP) is 4.27. The van der Waals surface area contributed by atoms with Crippen LogP contribution in [0.2, 0.25) is 0 Å². The van der Waals surface area contributed by atoms with Gasteiger partial charge in [-0.05, 0) is 12.1 Å². The molecule has 0 bridgehead atoms. The van der Waals surface area contributed by atoms with Gasteiger partial charge in [0.05, 0.1) is 5.56 Å². The maximum absolute atomic E-state index is 13.2. The van der Waals surface area contributed by atoms with E-state index in [1.165, 1.54) is 25.6 Å². The Morgan fingerprint density at radius 2 is 1.76 bits per heavy atom. The van der Waals surface area contributed by atoms with E-state index in [-0.39, 0.29) is 11.5 Å². The molecule has 0 saturated carbocycles. The highest BCUT2D eigenvalue weighted by Crippen LogP contribution is 2.30. The number of benzene rings is 1. The highest BCUT2D eigenvalue weighted by Gasteiger charge is 2.33. The normalized spacial score (nSPS) is 11.7. The van der Waals surface area contributed by atoms with Gasteiger partial charge < -0.3 is 5.32 Å². The van der Waals surface area contributed by atoms with Crippen LogP contribution in [0.15, 0.2) is 55.1 Å². The number of alkyl halides is 5. The van der Waals surface area contributed by atoms with Gasteiger partial charge in [-0.3, -0.25) is 9.48 Å². The summed E-state index contributed by atoms with van der Waals surface area (Å²) >= 11 is 0. The van der Waals surface area contributed by atoms with Crippen LogP contribution in [0.25, 0.3) is 17.1 Å². The van der Waals surface area contributed by atoms with Crippen LogP contribution in [-0.2, 0) is 13.2 Å². The van der Waals surface area contributed by atoms with Crippen molar-refractivity contribution in [2.75, 3.05) is 5.32 Å². The second-order valence-electron chi connectivity index (χ2n) is 6.82. The van der Waals surface area contributed by atoms with E-state index in [0.717, 1.165) is 21.6 Å². The maximum Gasteiger partial charge on any atom is 0.435 e. The third kappa shape index (κ3) is 4.56. The number of carbonyl (C=O) groups excluding carboxylic acids is 1. The molecule has 170 valence electrons. The van der Waals surface area contributed by atoms with Gasteiger partial charge in [0, 0.05) is 48.6 Å². The summed E-state index contributed by atoms with van der Waals surface area (Å²) in [5.41, 5.74) is -0.803. The number of halogens is 5. The van der Waals surface area contributed by atoms with Crippen LogP contribution >= 0.6 is 0 Å². The third-order valence-corrected chi connectivity index (χ3v) is 4.52. The number of amides is 1. The molecular weight excluding hydrogens is 449 g/mol. The summed E-state index contributed by atoms with van der Waals surface area (Å²) in [6, 6.07) is 7.31. The lowest BCUT2D eigenvalue weighted by Gasteiger charge is -2.11. The van der Waals surface area contributed by atoms with Gasteiger partial charge in [0.2, 0.25) is 5.95 Å². The van der Waals surface area contributed by atoms with Crippen molar-refractivity contribution in [3.05, 3.63) is 72.1 Å². The molecule has 4 aromatic rings. The molecule has 0 radical (unpaired) electrons. The van der Waals surface area contributed by atoms with Crippen LogP contribution in [0.1, 0.15) is 28.2 Å². The number of rotatable bonds is 5. The molecule has 4 rings (SSSR count). The van der Waals surface area contributed by atoms with E-state index in [2.05, 4.69) is 25.5 Å². The molecule has 0 unspecified atom stereocenters. The molecule has 3 aromatic heterocycles. The SMILES string of the molecule is Cn1cc(C(=O)Nc2ccccc2-c2cnc(-n3ccc(C(F)(F)F)n3)nc2)c(C(F)F)n1. The zero-order chi connectivity index (χ0) is 23.8. The van der Waals surface area contributed by atoms with Crippen LogP contribution in [-0.4, -0.2) is 35.4 Å². The van der Waals surface area contributed by atoms with Crippen molar-refractivity contribution in [2.24, 2.45) is 7.05 Å². The van der Waals surface area contributed by atoms with Gasteiger partial charge >= 0.3 is 6.18 Å². The lowest BCUT2D eigenvalue weighted by Crippen LogP contribution is -2.14. The molecule has 0 aliphatic carbocycles. The van der Waals surface area contributed by atoms with Gasteiger partial charge in [0.25, 0.3) is 12.3 Å². The number of hydrogen-bond donors (Lipinski definition) is 1. The Morgan fingerprint density at radius 1 is 1.06 bits per heavy atom. The first-order chi connectivity index (χ1) is 15.6. The van der Waals surface area contributed by atoms with Crippen molar-refractivity contribution in [2.45, 2.75) is 12.6 Å². The van der Waals surface area contributed by atoms with Gasteiger partial charge in [-0.25, -0.2) is 23.4 Å². The minimum absolute atomic E-state index is 0.0901. The standard InChI is InChI=1S/C20H14F5N7O/c1-31-10-13(16(30-31)17(21)22)18(33)28-14-5-3-2-4-12(14)11-8-26-19(27-9-11)32-7-6-15(29-32)20(23,24)25/h2-10,17H,1H3,(H,28,33). The quantitative estimate of drug-likeness (QED) is 0.447. The van der Waals surface area contributed by atoms with Gasteiger partial charge in [0.1, 0.15) is 5.69 Å². The van der Waals surface area contributed by atoms with E-state index in [1.807, 2.05) is 0 Å². The Labute approximate surface area is 182 Å². The smallest absolute Gasteiger partial charge is 0.321 e. The monoisotopic (exact) mass is 463 g/mol. The fourth-order valence-electron chi connectivity index (χ4n) is 3.04. The fraction of sp³-hybridized carbons (Fsp3) is 0.150. The third-order valence-electron chi connectivity index (χ3n) is 4.52. The fourth-order valence-corrected chi connectivity index (χ4v) is 3.04. The van der Waals surface area contributed by atoms with Crippen LogP contribution in [0, 0.1) is 0 Å². The van der Waals surface area contributed by atoms with Crippen molar-refractivity contribution in [1.29, 1.82) is 0 Å². The summed E-state index contributed by atoms with van der Waals surface area (Å²) in [6.07, 6.45) is -2.56. The Balaban J connectivity index is 1.60. The lowest BCUT2D eigenvalue weighted by molar-refractivity contribution is -0.141. The largest absolute Gasteiger partial charge is 0.435 e. The lowest BCUT2D eigenvalue weighted by atomic mass is 10.1. The van der Waals surface area contributed by atoms with Gasteiger partial charge in [0.15, 0.2) is 5.69 Å². The van der Waals surface area contributed by atoms with E-state index < -0.39 is 29.9 Å². The Kier molecular flexibility index (Phi) is 5.62. The van der Waals surface area contributed by atoms with Crippen LogP contribution in [0.5, 0.6) is 0 Å². The van der Waals surface area contributed by atoms with Gasteiger partial charge in [-0.1, -0.05) is 18.2 Å². The molecule has 1 amide bonds. The predicted molar refractivity (Wildman–Crippen MR) is 106 cm³/mol. The molecule has 0 spiro atoms. The minimum atomic E-state index is -4.60. The first-order valence-electron chi connectivity index (χ1n) is 9.31. The van der Waals surface area contributed by atoms with Crippen LogP contribution in [0.3, 0.4) is 0 Å². The van der Waals surface area contributed by atoms with Crippen molar-refractivity contribution in [1.82, 2.24) is 29.5 Å². The molecule has 33 heavy (non-hydrogen) atoms. The molecule has 13 heteroatoms. The highest BCUT2D eigenvalue weighted by molar-refractivity contribution is 6.06. The second-order valence-corrected chi connectivity index (χ2v) is 6.82. The average molecular weight is 463 g/mol. The molecule has 0 aliphatic heterocycles. The van der Waals surface area contributed by atoms with Crippen molar-refractivity contribution >= 4 is 11.6 Å². The highest BCUT2D eigenvalue weighted by atomic mass is 19.4. The molecule has 0 atom stereocenters.